The molecule has 100 valence electrons. The summed E-state index contributed by atoms with van der Waals surface area (Å²) in [6.07, 6.45) is 0. The Morgan fingerprint density at radius 2 is 1.79 bits per heavy atom. The quantitative estimate of drug-likeness (QED) is 0.830. The van der Waals surface area contributed by atoms with Crippen molar-refractivity contribution in [3.05, 3.63) is 57.6 Å². The molecule has 0 aliphatic heterocycles. The summed E-state index contributed by atoms with van der Waals surface area (Å²) in [7, 11) is 0. The molecule has 1 nitrogen and oxygen atoms in total. The van der Waals surface area contributed by atoms with Crippen LogP contribution in [0.15, 0.2) is 50.7 Å². The fraction of sp³-hybridized carbons (Fsp3) is 0.250. The van der Waals surface area contributed by atoms with Crippen molar-refractivity contribution in [3.8, 4) is 0 Å². The highest BCUT2D eigenvalue weighted by Gasteiger charge is 2.06. The summed E-state index contributed by atoms with van der Waals surface area (Å²) >= 11 is 5.40. The third-order valence-electron chi connectivity index (χ3n) is 3.19. The minimum absolute atomic E-state index is 0.0666. The second-order valence-corrected chi connectivity index (χ2v) is 6.80. The predicted octanol–water partition coefficient (Wildman–Crippen LogP) is 5.24. The molecular weight excluding hydrogens is 318 g/mol. The number of halogens is 1. The van der Waals surface area contributed by atoms with Crippen LogP contribution >= 0.6 is 27.7 Å². The molecule has 2 aromatic carbocycles. The van der Waals surface area contributed by atoms with Crippen LogP contribution in [0.1, 0.15) is 29.7 Å². The lowest BCUT2D eigenvalue weighted by molar-refractivity contribution is 0.815. The van der Waals surface area contributed by atoms with Crippen LogP contribution in [0.2, 0.25) is 0 Å². The SMILES string of the molecule is Cc1ccc(Sc2ccc(C(C)N)cc2Br)cc1C. The molecule has 0 aliphatic rings. The number of hydrogen-bond acceptors (Lipinski definition) is 2. The summed E-state index contributed by atoms with van der Waals surface area (Å²) < 4.78 is 1.10. The second-order valence-electron chi connectivity index (χ2n) is 4.83. The van der Waals surface area contributed by atoms with Crippen LogP contribution in [0.3, 0.4) is 0 Å². The molecule has 1 atom stereocenters. The Balaban J connectivity index is 2.25. The Hall–Kier alpha value is -0.770. The largest absolute Gasteiger partial charge is 0.324 e. The number of rotatable bonds is 3. The van der Waals surface area contributed by atoms with Crippen molar-refractivity contribution in [3.63, 3.8) is 0 Å². The van der Waals surface area contributed by atoms with Crippen molar-refractivity contribution in [2.24, 2.45) is 5.73 Å². The summed E-state index contributed by atoms with van der Waals surface area (Å²) in [5.41, 5.74) is 9.70. The molecule has 2 N–H and O–H groups in total. The molecule has 0 saturated carbocycles. The second kappa shape index (κ2) is 6.12. The van der Waals surface area contributed by atoms with Crippen molar-refractivity contribution >= 4 is 27.7 Å². The van der Waals surface area contributed by atoms with E-state index in [4.69, 9.17) is 5.73 Å². The molecule has 19 heavy (non-hydrogen) atoms. The van der Waals surface area contributed by atoms with Crippen LogP contribution in [0.25, 0.3) is 0 Å². The maximum absolute atomic E-state index is 5.89. The lowest BCUT2D eigenvalue weighted by Crippen LogP contribution is -2.04. The minimum Gasteiger partial charge on any atom is -0.324 e. The van der Waals surface area contributed by atoms with Gasteiger partial charge >= 0.3 is 0 Å². The van der Waals surface area contributed by atoms with Crippen LogP contribution < -0.4 is 5.73 Å². The van der Waals surface area contributed by atoms with E-state index in [0.29, 0.717) is 0 Å². The first-order chi connectivity index (χ1) is 8.97. The standard InChI is InChI=1S/C16H18BrNS/c1-10-4-6-14(8-11(10)2)19-16-7-5-13(12(3)18)9-15(16)17/h4-9,12H,18H2,1-3H3. The normalized spacial score (nSPS) is 12.5. The molecule has 0 aliphatic carbocycles. The van der Waals surface area contributed by atoms with Gasteiger partial charge in [0.25, 0.3) is 0 Å². The average molecular weight is 336 g/mol. The van der Waals surface area contributed by atoms with Gasteiger partial charge in [-0.1, -0.05) is 23.9 Å². The van der Waals surface area contributed by atoms with Crippen LogP contribution in [0.4, 0.5) is 0 Å². The fourth-order valence-corrected chi connectivity index (χ4v) is 3.34. The first kappa shape index (κ1) is 14.6. The Kier molecular flexibility index (Phi) is 4.71. The van der Waals surface area contributed by atoms with E-state index < -0.39 is 0 Å². The molecule has 0 spiro atoms. The Labute approximate surface area is 127 Å². The monoisotopic (exact) mass is 335 g/mol. The highest BCUT2D eigenvalue weighted by molar-refractivity contribution is 9.10. The van der Waals surface area contributed by atoms with E-state index >= 15 is 0 Å². The van der Waals surface area contributed by atoms with Gasteiger partial charge in [-0.15, -0.1) is 0 Å². The van der Waals surface area contributed by atoms with Gasteiger partial charge in [0.05, 0.1) is 0 Å². The van der Waals surface area contributed by atoms with E-state index in [0.717, 1.165) is 10.0 Å². The number of nitrogens with two attached hydrogens (primary N) is 1. The zero-order valence-electron chi connectivity index (χ0n) is 11.4. The summed E-state index contributed by atoms with van der Waals surface area (Å²) in [5.74, 6) is 0. The molecule has 0 aromatic heterocycles. The molecule has 3 heteroatoms. The fourth-order valence-electron chi connectivity index (χ4n) is 1.79. The van der Waals surface area contributed by atoms with Gasteiger partial charge in [-0.25, -0.2) is 0 Å². The molecule has 2 rings (SSSR count). The summed E-state index contributed by atoms with van der Waals surface area (Å²) in [6.45, 7) is 6.28. The summed E-state index contributed by atoms with van der Waals surface area (Å²) in [4.78, 5) is 2.48. The van der Waals surface area contributed by atoms with E-state index in [1.54, 1.807) is 11.8 Å². The van der Waals surface area contributed by atoms with Gasteiger partial charge in [0.2, 0.25) is 0 Å². The van der Waals surface area contributed by atoms with E-state index in [9.17, 15) is 0 Å². The zero-order chi connectivity index (χ0) is 14.0. The van der Waals surface area contributed by atoms with E-state index in [1.165, 1.54) is 20.9 Å². The van der Waals surface area contributed by atoms with Crippen LogP contribution in [0, 0.1) is 13.8 Å². The molecule has 0 saturated heterocycles. The van der Waals surface area contributed by atoms with Crippen molar-refractivity contribution in [2.75, 3.05) is 0 Å². The summed E-state index contributed by atoms with van der Waals surface area (Å²) in [5, 5.41) is 0. The molecule has 0 heterocycles. The smallest absolute Gasteiger partial charge is 0.0318 e. The van der Waals surface area contributed by atoms with Crippen LogP contribution in [-0.4, -0.2) is 0 Å². The van der Waals surface area contributed by atoms with Gasteiger partial charge in [-0.2, -0.15) is 0 Å². The first-order valence-electron chi connectivity index (χ1n) is 6.27. The van der Waals surface area contributed by atoms with Gasteiger partial charge in [0.1, 0.15) is 0 Å². The van der Waals surface area contributed by atoms with Crippen LogP contribution in [-0.2, 0) is 0 Å². The van der Waals surface area contributed by atoms with E-state index in [1.807, 2.05) is 6.92 Å². The molecule has 2 aromatic rings. The third kappa shape index (κ3) is 3.62. The Morgan fingerprint density at radius 1 is 1.05 bits per heavy atom. The topological polar surface area (TPSA) is 26.0 Å². The van der Waals surface area contributed by atoms with Gasteiger partial charge in [-0.05, 0) is 77.7 Å². The lowest BCUT2D eigenvalue weighted by Gasteiger charge is -2.10. The number of aryl methyl sites for hydroxylation is 2. The van der Waals surface area contributed by atoms with Gasteiger partial charge in [-0.3, -0.25) is 0 Å². The highest BCUT2D eigenvalue weighted by Crippen LogP contribution is 2.35. The molecule has 0 bridgehead atoms. The van der Waals surface area contributed by atoms with Gasteiger partial charge in [0, 0.05) is 20.3 Å². The number of benzene rings is 2. The Morgan fingerprint density at radius 3 is 2.37 bits per heavy atom. The van der Waals surface area contributed by atoms with Crippen molar-refractivity contribution in [1.82, 2.24) is 0 Å². The molecule has 0 fully saturated rings. The minimum atomic E-state index is 0.0666. The van der Waals surface area contributed by atoms with Crippen molar-refractivity contribution < 1.29 is 0 Å². The number of hydrogen-bond donors (Lipinski definition) is 1. The highest BCUT2D eigenvalue weighted by atomic mass is 79.9. The average Bonchev–Trinajstić information content (AvgIpc) is 2.36. The zero-order valence-corrected chi connectivity index (χ0v) is 13.8. The maximum Gasteiger partial charge on any atom is 0.0318 e. The molecular formula is C16H18BrNS. The van der Waals surface area contributed by atoms with Crippen molar-refractivity contribution in [1.29, 1.82) is 0 Å². The lowest BCUT2D eigenvalue weighted by atomic mass is 10.1. The van der Waals surface area contributed by atoms with Gasteiger partial charge in [0.15, 0.2) is 0 Å². The van der Waals surface area contributed by atoms with E-state index in [-0.39, 0.29) is 6.04 Å². The summed E-state index contributed by atoms with van der Waals surface area (Å²) in [6, 6.07) is 13.0. The molecule has 0 amide bonds. The predicted molar refractivity (Wildman–Crippen MR) is 86.8 cm³/mol. The molecule has 1 unspecified atom stereocenters. The van der Waals surface area contributed by atoms with Crippen molar-refractivity contribution in [2.45, 2.75) is 36.6 Å². The maximum atomic E-state index is 5.89. The molecule has 0 radical (unpaired) electrons. The first-order valence-corrected chi connectivity index (χ1v) is 7.88. The van der Waals surface area contributed by atoms with Gasteiger partial charge < -0.3 is 5.73 Å². The van der Waals surface area contributed by atoms with E-state index in [2.05, 4.69) is 66.2 Å². The Bertz CT molecular complexity index is 593. The van der Waals surface area contributed by atoms with Crippen LogP contribution in [0.5, 0.6) is 0 Å². The third-order valence-corrected chi connectivity index (χ3v) is 5.17.